The Morgan fingerprint density at radius 1 is 1.00 bits per heavy atom. The maximum atomic E-state index is 2.23. The Hall–Kier alpha value is -1.34. The maximum absolute atomic E-state index is 2.23. The van der Waals surface area contributed by atoms with Crippen LogP contribution in [-0.2, 0) is 0 Å². The fraction of sp³-hybridized carbons (Fsp3) is 0.0714. The van der Waals surface area contributed by atoms with Crippen molar-refractivity contribution in [2.75, 3.05) is 0 Å². The first-order valence-electron chi connectivity index (χ1n) is 5.05. The Labute approximate surface area is 93.9 Å². The van der Waals surface area contributed by atoms with E-state index in [2.05, 4.69) is 54.8 Å². The van der Waals surface area contributed by atoms with Gasteiger partial charge in [0.25, 0.3) is 0 Å². The molecule has 0 amide bonds. The second kappa shape index (κ2) is 3.35. The highest BCUT2D eigenvalue weighted by atomic mass is 32.1. The third-order valence-electron chi connectivity index (χ3n) is 2.79. The van der Waals surface area contributed by atoms with Crippen LogP contribution in [-0.4, -0.2) is 0 Å². The van der Waals surface area contributed by atoms with Crippen LogP contribution in [0.15, 0.2) is 41.8 Å². The topological polar surface area (TPSA) is 0 Å². The zero-order chi connectivity index (χ0) is 10.3. The molecule has 0 nitrogen and oxygen atoms in total. The molecule has 1 aromatic heterocycles. The van der Waals surface area contributed by atoms with Crippen LogP contribution in [0.1, 0.15) is 21.6 Å². The number of fused-ring (bicyclic) bond motifs is 1. The van der Waals surface area contributed by atoms with E-state index >= 15 is 0 Å². The van der Waals surface area contributed by atoms with Gasteiger partial charge in [-0.1, -0.05) is 36.4 Å². The van der Waals surface area contributed by atoms with E-state index in [1.165, 1.54) is 27.5 Å². The van der Waals surface area contributed by atoms with Gasteiger partial charge in [-0.05, 0) is 35.1 Å². The number of rotatable bonds is 1. The normalized spacial score (nSPS) is 14.5. The Kier molecular flexibility index (Phi) is 2.00. The Balaban J connectivity index is 2.12. The van der Waals surface area contributed by atoms with Crippen LogP contribution in [0.25, 0.3) is 6.08 Å². The van der Waals surface area contributed by atoms with Crippen molar-refractivity contribution in [3.8, 4) is 0 Å². The van der Waals surface area contributed by atoms with Crippen molar-refractivity contribution < 1.29 is 0 Å². The number of aryl methyl sites for hydroxylation is 1. The molecule has 73 valence electrons. The van der Waals surface area contributed by atoms with Crippen molar-refractivity contribution in [1.82, 2.24) is 0 Å². The highest BCUT2D eigenvalue weighted by Crippen LogP contribution is 2.37. The van der Waals surface area contributed by atoms with Crippen LogP contribution >= 0.6 is 11.3 Å². The van der Waals surface area contributed by atoms with E-state index in [4.69, 9.17) is 0 Å². The van der Waals surface area contributed by atoms with E-state index in [1.807, 2.05) is 11.3 Å². The first-order chi connectivity index (χ1) is 7.36. The molecule has 1 heterocycles. The first kappa shape index (κ1) is 8.93. The number of thiophene rings is 1. The molecule has 0 N–H and O–H groups in total. The van der Waals surface area contributed by atoms with Crippen LogP contribution in [0.3, 0.4) is 0 Å². The van der Waals surface area contributed by atoms with Gasteiger partial charge in [0, 0.05) is 4.88 Å². The third-order valence-corrected chi connectivity index (χ3v) is 3.84. The van der Waals surface area contributed by atoms with Gasteiger partial charge in [0.05, 0.1) is 5.92 Å². The molecule has 0 fully saturated rings. The van der Waals surface area contributed by atoms with Gasteiger partial charge in [0.2, 0.25) is 0 Å². The van der Waals surface area contributed by atoms with Crippen LogP contribution in [0.4, 0.5) is 0 Å². The van der Waals surface area contributed by atoms with E-state index < -0.39 is 0 Å². The maximum Gasteiger partial charge on any atom is 0.0668 e. The lowest BCUT2D eigenvalue weighted by atomic mass is 9.97. The lowest BCUT2D eigenvalue weighted by Crippen LogP contribution is -1.95. The Morgan fingerprint density at radius 2 is 1.87 bits per heavy atom. The standard InChI is InChI=1S/C14H11S/c1-10-8-9-15-14(10)13-7-6-11-4-2-3-5-12(11)13/h2-9H,1H3. The second-order valence-electron chi connectivity index (χ2n) is 3.77. The average molecular weight is 211 g/mol. The minimum absolute atomic E-state index is 1.33. The molecule has 0 saturated heterocycles. The third kappa shape index (κ3) is 1.35. The van der Waals surface area contributed by atoms with E-state index in [-0.39, 0.29) is 0 Å². The highest BCUT2D eigenvalue weighted by Gasteiger charge is 2.21. The molecule has 0 spiro atoms. The van der Waals surface area contributed by atoms with Crippen molar-refractivity contribution in [2.24, 2.45) is 0 Å². The monoisotopic (exact) mass is 211 g/mol. The molecule has 3 rings (SSSR count). The van der Waals surface area contributed by atoms with Gasteiger partial charge < -0.3 is 0 Å². The number of hydrogen-bond donors (Lipinski definition) is 0. The first-order valence-corrected chi connectivity index (χ1v) is 5.93. The number of hydrogen-bond acceptors (Lipinski definition) is 1. The van der Waals surface area contributed by atoms with Gasteiger partial charge in [-0.15, -0.1) is 11.3 Å². The quantitative estimate of drug-likeness (QED) is 0.667. The van der Waals surface area contributed by atoms with Crippen molar-refractivity contribution >= 4 is 17.4 Å². The zero-order valence-electron chi connectivity index (χ0n) is 8.53. The molecular weight excluding hydrogens is 200 g/mol. The Morgan fingerprint density at radius 3 is 2.67 bits per heavy atom. The van der Waals surface area contributed by atoms with Crippen molar-refractivity contribution in [2.45, 2.75) is 6.92 Å². The highest BCUT2D eigenvalue weighted by molar-refractivity contribution is 7.10. The van der Waals surface area contributed by atoms with Crippen LogP contribution in [0, 0.1) is 12.8 Å². The lowest BCUT2D eigenvalue weighted by Gasteiger charge is -2.09. The summed E-state index contributed by atoms with van der Waals surface area (Å²) in [7, 11) is 0. The van der Waals surface area contributed by atoms with Crippen LogP contribution < -0.4 is 0 Å². The predicted octanol–water partition coefficient (Wildman–Crippen LogP) is 4.05. The molecule has 2 aromatic rings. The molecule has 15 heavy (non-hydrogen) atoms. The zero-order valence-corrected chi connectivity index (χ0v) is 9.34. The van der Waals surface area contributed by atoms with Crippen LogP contribution in [0.5, 0.6) is 0 Å². The lowest BCUT2D eigenvalue weighted by molar-refractivity contribution is 1.32. The van der Waals surface area contributed by atoms with Gasteiger partial charge in [-0.25, -0.2) is 0 Å². The van der Waals surface area contributed by atoms with Gasteiger partial charge in [0.15, 0.2) is 0 Å². The van der Waals surface area contributed by atoms with E-state index in [1.54, 1.807) is 0 Å². The van der Waals surface area contributed by atoms with E-state index in [0.29, 0.717) is 0 Å². The molecule has 1 aliphatic carbocycles. The number of benzene rings is 1. The fourth-order valence-corrected chi connectivity index (χ4v) is 2.96. The van der Waals surface area contributed by atoms with Gasteiger partial charge >= 0.3 is 0 Å². The summed E-state index contributed by atoms with van der Waals surface area (Å²) >= 11 is 1.82. The molecule has 0 unspecified atom stereocenters. The summed E-state index contributed by atoms with van der Waals surface area (Å²) in [5.41, 5.74) is 4.07. The molecule has 1 heteroatoms. The van der Waals surface area contributed by atoms with Crippen molar-refractivity contribution in [3.05, 3.63) is 69.3 Å². The summed E-state index contributed by atoms with van der Waals surface area (Å²) < 4.78 is 0. The summed E-state index contributed by atoms with van der Waals surface area (Å²) in [4.78, 5) is 1.40. The predicted molar refractivity (Wildman–Crippen MR) is 66.0 cm³/mol. The SMILES string of the molecule is Cc1ccsc1[C]1C=Cc2ccccc21. The minimum atomic E-state index is 1.33. The summed E-state index contributed by atoms with van der Waals surface area (Å²) in [6, 6.07) is 10.7. The van der Waals surface area contributed by atoms with Crippen LogP contribution in [0.2, 0.25) is 0 Å². The minimum Gasteiger partial charge on any atom is -0.147 e. The molecule has 0 atom stereocenters. The second-order valence-corrected chi connectivity index (χ2v) is 4.68. The molecule has 1 aromatic carbocycles. The molecule has 0 saturated carbocycles. The smallest absolute Gasteiger partial charge is 0.0668 e. The van der Waals surface area contributed by atoms with E-state index in [9.17, 15) is 0 Å². The van der Waals surface area contributed by atoms with Crippen molar-refractivity contribution in [3.63, 3.8) is 0 Å². The summed E-state index contributed by atoms with van der Waals surface area (Å²) in [6.45, 7) is 2.17. The molecule has 0 bridgehead atoms. The average Bonchev–Trinajstić information content (AvgIpc) is 2.83. The van der Waals surface area contributed by atoms with Gasteiger partial charge in [-0.3, -0.25) is 0 Å². The molecule has 1 radical (unpaired) electrons. The molecular formula is C14H11S. The van der Waals surface area contributed by atoms with Crippen molar-refractivity contribution in [1.29, 1.82) is 0 Å². The van der Waals surface area contributed by atoms with Gasteiger partial charge in [-0.2, -0.15) is 0 Å². The summed E-state index contributed by atoms with van der Waals surface area (Å²) in [5, 5.41) is 2.16. The van der Waals surface area contributed by atoms with Gasteiger partial charge in [0.1, 0.15) is 0 Å². The summed E-state index contributed by atoms with van der Waals surface area (Å²) in [5.74, 6) is 1.37. The Bertz CT molecular complexity index is 520. The molecule has 1 aliphatic rings. The largest absolute Gasteiger partial charge is 0.147 e. The molecule has 0 aliphatic heterocycles. The number of allylic oxidation sites excluding steroid dienone is 1. The van der Waals surface area contributed by atoms with E-state index in [0.717, 1.165) is 0 Å². The fourth-order valence-electron chi connectivity index (χ4n) is 2.00. The summed E-state index contributed by atoms with van der Waals surface area (Å²) in [6.07, 6.45) is 4.42.